The van der Waals surface area contributed by atoms with E-state index in [1.807, 2.05) is 0 Å². The summed E-state index contributed by atoms with van der Waals surface area (Å²) in [5.41, 5.74) is 4.54. The Morgan fingerprint density at radius 2 is 1.37 bits per heavy atom. The third-order valence-electron chi connectivity index (χ3n) is 3.50. The molecule has 0 aliphatic heterocycles. The summed E-state index contributed by atoms with van der Waals surface area (Å²) in [5, 5.41) is 8.99. The molecule has 2 rings (SSSR count). The van der Waals surface area contributed by atoms with Gasteiger partial charge in [0, 0.05) is 18.3 Å². The zero-order chi connectivity index (χ0) is 19.8. The number of hydrazone groups is 1. The molecular weight excluding hydrogens is 348 g/mol. The van der Waals surface area contributed by atoms with Crippen LogP contribution in [-0.2, 0) is 14.4 Å². The van der Waals surface area contributed by atoms with E-state index in [0.29, 0.717) is 22.8 Å². The van der Waals surface area contributed by atoms with Crippen LogP contribution in [0.15, 0.2) is 53.6 Å². The fraction of sp³-hybridized carbons (Fsp3) is 0.158. The third-order valence-corrected chi connectivity index (χ3v) is 3.50. The zero-order valence-corrected chi connectivity index (χ0v) is 15.2. The van der Waals surface area contributed by atoms with Crippen molar-refractivity contribution < 1.29 is 19.1 Å². The van der Waals surface area contributed by atoms with Crippen molar-refractivity contribution in [1.82, 2.24) is 5.43 Å². The van der Waals surface area contributed by atoms with Crippen LogP contribution in [0.5, 0.6) is 5.75 Å². The van der Waals surface area contributed by atoms with E-state index < -0.39 is 11.8 Å². The van der Waals surface area contributed by atoms with Gasteiger partial charge in [0.15, 0.2) is 0 Å². The predicted octanol–water partition coefficient (Wildman–Crippen LogP) is 2.13. The molecule has 140 valence electrons. The molecule has 3 amide bonds. The predicted molar refractivity (Wildman–Crippen MR) is 103 cm³/mol. The molecule has 0 aliphatic carbocycles. The monoisotopic (exact) mass is 368 g/mol. The Kier molecular flexibility index (Phi) is 6.65. The second-order valence-corrected chi connectivity index (χ2v) is 5.58. The van der Waals surface area contributed by atoms with Gasteiger partial charge in [0.05, 0.1) is 12.8 Å². The summed E-state index contributed by atoms with van der Waals surface area (Å²) in [6.45, 7) is 3.11. The van der Waals surface area contributed by atoms with Crippen LogP contribution in [0.2, 0.25) is 0 Å². The highest BCUT2D eigenvalue weighted by Gasteiger charge is 2.13. The first-order valence-electron chi connectivity index (χ1n) is 8.06. The molecule has 2 aromatic carbocycles. The topological polar surface area (TPSA) is 109 Å². The largest absolute Gasteiger partial charge is 0.497 e. The van der Waals surface area contributed by atoms with Crippen molar-refractivity contribution in [2.45, 2.75) is 13.8 Å². The Labute approximate surface area is 156 Å². The number of hydrogen-bond donors (Lipinski definition) is 3. The minimum Gasteiger partial charge on any atom is -0.497 e. The molecule has 0 aliphatic rings. The summed E-state index contributed by atoms with van der Waals surface area (Å²) in [6, 6.07) is 13.5. The van der Waals surface area contributed by atoms with Gasteiger partial charge in [0.1, 0.15) is 5.75 Å². The summed E-state index contributed by atoms with van der Waals surface area (Å²) in [6.07, 6.45) is 0. The molecule has 27 heavy (non-hydrogen) atoms. The van der Waals surface area contributed by atoms with Gasteiger partial charge >= 0.3 is 11.8 Å². The molecule has 0 spiro atoms. The van der Waals surface area contributed by atoms with Crippen LogP contribution < -0.4 is 20.8 Å². The standard InChI is InChI=1S/C19H20N4O4/c1-12(14-4-10-17(27-3)11-5-14)22-23-19(26)18(25)21-16-8-6-15(7-9-16)20-13(2)24/h4-11H,1-3H3,(H,20,24)(H,21,25)(H,23,26)/b22-12+. The van der Waals surface area contributed by atoms with Crippen molar-refractivity contribution in [3.05, 3.63) is 54.1 Å². The molecule has 0 radical (unpaired) electrons. The van der Waals surface area contributed by atoms with Crippen LogP contribution in [0.3, 0.4) is 0 Å². The Morgan fingerprint density at radius 3 is 1.89 bits per heavy atom. The number of nitrogens with one attached hydrogen (secondary N) is 3. The molecule has 8 heteroatoms. The van der Waals surface area contributed by atoms with Crippen molar-refractivity contribution in [2.24, 2.45) is 5.10 Å². The van der Waals surface area contributed by atoms with E-state index in [4.69, 9.17) is 4.74 Å². The lowest BCUT2D eigenvalue weighted by Gasteiger charge is -2.07. The molecule has 0 atom stereocenters. The highest BCUT2D eigenvalue weighted by molar-refractivity contribution is 6.39. The molecule has 2 aromatic rings. The van der Waals surface area contributed by atoms with Crippen molar-refractivity contribution >= 4 is 34.8 Å². The Bertz CT molecular complexity index is 858. The molecule has 0 aromatic heterocycles. The minimum absolute atomic E-state index is 0.198. The first kappa shape index (κ1) is 19.6. The summed E-state index contributed by atoms with van der Waals surface area (Å²) in [5.74, 6) is -1.24. The molecular formula is C19H20N4O4. The van der Waals surface area contributed by atoms with Crippen LogP contribution >= 0.6 is 0 Å². The number of rotatable bonds is 5. The van der Waals surface area contributed by atoms with Gasteiger partial charge in [-0.1, -0.05) is 0 Å². The summed E-state index contributed by atoms with van der Waals surface area (Å²) >= 11 is 0. The first-order valence-corrected chi connectivity index (χ1v) is 8.06. The molecule has 3 N–H and O–H groups in total. The van der Waals surface area contributed by atoms with Crippen LogP contribution in [-0.4, -0.2) is 30.5 Å². The highest BCUT2D eigenvalue weighted by atomic mass is 16.5. The van der Waals surface area contributed by atoms with E-state index in [1.165, 1.54) is 6.92 Å². The van der Waals surface area contributed by atoms with Crippen LogP contribution in [0, 0.1) is 0 Å². The van der Waals surface area contributed by atoms with E-state index in [1.54, 1.807) is 62.6 Å². The number of methoxy groups -OCH3 is 1. The SMILES string of the molecule is COc1ccc(/C(C)=N/NC(=O)C(=O)Nc2ccc(NC(C)=O)cc2)cc1. The highest BCUT2D eigenvalue weighted by Crippen LogP contribution is 2.13. The maximum Gasteiger partial charge on any atom is 0.329 e. The molecule has 0 saturated carbocycles. The van der Waals surface area contributed by atoms with Crippen molar-refractivity contribution in [3.8, 4) is 5.75 Å². The first-order chi connectivity index (χ1) is 12.9. The second kappa shape index (κ2) is 9.14. The number of benzene rings is 2. The number of amides is 3. The van der Waals surface area contributed by atoms with Gasteiger partial charge in [-0.3, -0.25) is 14.4 Å². The van der Waals surface area contributed by atoms with E-state index in [2.05, 4.69) is 21.2 Å². The van der Waals surface area contributed by atoms with Gasteiger partial charge in [-0.05, 0) is 61.0 Å². The average Bonchev–Trinajstić information content (AvgIpc) is 2.67. The molecule has 0 bridgehead atoms. The summed E-state index contributed by atoms with van der Waals surface area (Å²) < 4.78 is 5.08. The molecule has 0 heterocycles. The molecule has 0 unspecified atom stereocenters. The van der Waals surface area contributed by atoms with E-state index >= 15 is 0 Å². The van der Waals surface area contributed by atoms with Gasteiger partial charge in [0.25, 0.3) is 0 Å². The van der Waals surface area contributed by atoms with Gasteiger partial charge < -0.3 is 15.4 Å². The lowest BCUT2D eigenvalue weighted by molar-refractivity contribution is -0.136. The van der Waals surface area contributed by atoms with Gasteiger partial charge in [-0.25, -0.2) is 5.43 Å². The zero-order valence-electron chi connectivity index (χ0n) is 15.2. The molecule has 0 fully saturated rings. The molecule has 0 saturated heterocycles. The van der Waals surface area contributed by atoms with Crippen LogP contribution in [0.1, 0.15) is 19.4 Å². The number of carbonyl (C=O) groups is 3. The van der Waals surface area contributed by atoms with Gasteiger partial charge in [-0.15, -0.1) is 0 Å². The Balaban J connectivity index is 1.92. The van der Waals surface area contributed by atoms with E-state index in [0.717, 1.165) is 5.56 Å². The second-order valence-electron chi connectivity index (χ2n) is 5.58. The van der Waals surface area contributed by atoms with Crippen LogP contribution in [0.4, 0.5) is 11.4 Å². The number of carbonyl (C=O) groups excluding carboxylic acids is 3. The lowest BCUT2D eigenvalue weighted by atomic mass is 10.1. The van der Waals surface area contributed by atoms with Gasteiger partial charge in [0.2, 0.25) is 5.91 Å². The van der Waals surface area contributed by atoms with Gasteiger partial charge in [-0.2, -0.15) is 5.10 Å². The summed E-state index contributed by atoms with van der Waals surface area (Å²) in [7, 11) is 1.57. The molecule has 8 nitrogen and oxygen atoms in total. The van der Waals surface area contributed by atoms with Crippen molar-refractivity contribution in [2.75, 3.05) is 17.7 Å². The average molecular weight is 368 g/mol. The Morgan fingerprint density at radius 1 is 0.815 bits per heavy atom. The lowest BCUT2D eigenvalue weighted by Crippen LogP contribution is -2.32. The van der Waals surface area contributed by atoms with E-state index in [-0.39, 0.29) is 5.91 Å². The maximum absolute atomic E-state index is 11.9. The normalized spacial score (nSPS) is 10.7. The maximum atomic E-state index is 11.9. The number of hydrogen-bond acceptors (Lipinski definition) is 5. The number of nitrogens with zero attached hydrogens (tertiary/aromatic N) is 1. The quantitative estimate of drug-likeness (QED) is 0.427. The minimum atomic E-state index is -0.895. The van der Waals surface area contributed by atoms with Crippen molar-refractivity contribution in [1.29, 1.82) is 0 Å². The van der Waals surface area contributed by atoms with Crippen molar-refractivity contribution in [3.63, 3.8) is 0 Å². The smallest absolute Gasteiger partial charge is 0.329 e. The third kappa shape index (κ3) is 5.96. The van der Waals surface area contributed by atoms with Crippen LogP contribution in [0.25, 0.3) is 0 Å². The number of anilines is 2. The van der Waals surface area contributed by atoms with E-state index in [9.17, 15) is 14.4 Å². The summed E-state index contributed by atoms with van der Waals surface area (Å²) in [4.78, 5) is 34.8. The fourth-order valence-electron chi connectivity index (χ4n) is 2.11. The Hall–Kier alpha value is -3.68. The number of ether oxygens (including phenoxy) is 1. The fourth-order valence-corrected chi connectivity index (χ4v) is 2.11.